The predicted octanol–water partition coefficient (Wildman–Crippen LogP) is 3.31. The fraction of sp³-hybridized carbons (Fsp3) is 0.700. The second kappa shape index (κ2) is 5.30. The first-order valence-corrected chi connectivity index (χ1v) is 5.89. The fourth-order valence-corrected chi connectivity index (χ4v) is 2.32. The molecule has 0 aliphatic heterocycles. The van der Waals surface area contributed by atoms with Crippen molar-refractivity contribution >= 4 is 11.3 Å². The molecule has 1 rings (SSSR count). The summed E-state index contributed by atoms with van der Waals surface area (Å²) >= 11 is 1.45. The molecule has 1 heterocycles. The summed E-state index contributed by atoms with van der Waals surface area (Å²) in [6.07, 6.45) is -3.65. The van der Waals surface area contributed by atoms with Gasteiger partial charge in [-0.1, -0.05) is 0 Å². The van der Waals surface area contributed by atoms with Crippen molar-refractivity contribution in [2.45, 2.75) is 39.2 Å². The summed E-state index contributed by atoms with van der Waals surface area (Å²) < 4.78 is 49.3. The minimum absolute atomic E-state index is 0.468. The first-order chi connectivity index (χ1) is 7.74. The van der Waals surface area contributed by atoms with Crippen molar-refractivity contribution in [3.63, 3.8) is 0 Å². The van der Waals surface area contributed by atoms with Gasteiger partial charge in [-0.15, -0.1) is 11.3 Å². The molecular weight excluding hydrogens is 256 g/mol. The molecule has 98 valence electrons. The maximum Gasteiger partial charge on any atom is 0.319 e. The molecule has 7 heteroatoms. The van der Waals surface area contributed by atoms with Crippen LogP contribution in [0.2, 0.25) is 0 Å². The van der Waals surface area contributed by atoms with Gasteiger partial charge in [0.1, 0.15) is 0 Å². The molecule has 1 N–H and O–H groups in total. The number of hydrogen-bond acceptors (Lipinski definition) is 3. The number of hydrogen-bond donors (Lipinski definition) is 1. The minimum atomic E-state index is -4.01. The number of nitrogens with one attached hydrogen (secondary N) is 1. The first kappa shape index (κ1) is 14.4. The van der Waals surface area contributed by atoms with E-state index in [9.17, 15) is 17.6 Å². The fourth-order valence-electron chi connectivity index (χ4n) is 1.41. The van der Waals surface area contributed by atoms with Gasteiger partial charge in [-0.3, -0.25) is 0 Å². The van der Waals surface area contributed by atoms with Crippen molar-refractivity contribution < 1.29 is 17.6 Å². The van der Waals surface area contributed by atoms with Gasteiger partial charge in [-0.25, -0.2) is 13.8 Å². The molecule has 1 aromatic heterocycles. The summed E-state index contributed by atoms with van der Waals surface area (Å²) in [4.78, 5) is 5.08. The summed E-state index contributed by atoms with van der Waals surface area (Å²) in [5.41, 5.74) is 0.637. The Kier molecular flexibility index (Phi) is 4.48. The van der Waals surface area contributed by atoms with E-state index in [1.165, 1.54) is 11.3 Å². The number of aromatic nitrogens is 1. The molecule has 0 saturated carbocycles. The molecule has 0 aromatic carbocycles. The number of aryl methyl sites for hydroxylation is 2. The molecule has 0 spiro atoms. The van der Waals surface area contributed by atoms with Crippen LogP contribution in [-0.2, 0) is 0 Å². The third-order valence-corrected chi connectivity index (χ3v) is 3.21. The Morgan fingerprint density at radius 2 is 1.94 bits per heavy atom. The summed E-state index contributed by atoms with van der Waals surface area (Å²) in [5, 5.41) is 3.21. The summed E-state index contributed by atoms with van der Waals surface area (Å²) in [7, 11) is 0. The number of nitrogens with zero attached hydrogens (tertiary/aromatic N) is 1. The van der Waals surface area contributed by atoms with Crippen LogP contribution in [0.25, 0.3) is 0 Å². The van der Waals surface area contributed by atoms with Crippen molar-refractivity contribution in [1.29, 1.82) is 0 Å². The van der Waals surface area contributed by atoms with Crippen LogP contribution < -0.4 is 5.32 Å². The number of rotatable bonds is 5. The monoisotopic (exact) mass is 270 g/mol. The van der Waals surface area contributed by atoms with Gasteiger partial charge in [0, 0.05) is 10.9 Å². The van der Waals surface area contributed by atoms with Gasteiger partial charge in [-0.2, -0.15) is 8.78 Å². The molecule has 17 heavy (non-hydrogen) atoms. The van der Waals surface area contributed by atoms with Crippen LogP contribution in [0, 0.1) is 13.8 Å². The largest absolute Gasteiger partial charge is 0.319 e. The van der Waals surface area contributed by atoms with Crippen LogP contribution in [0.5, 0.6) is 0 Å². The zero-order chi connectivity index (χ0) is 13.2. The van der Waals surface area contributed by atoms with E-state index in [2.05, 4.69) is 10.3 Å². The Morgan fingerprint density at radius 3 is 2.35 bits per heavy atom. The van der Waals surface area contributed by atoms with E-state index in [1.807, 2.05) is 13.8 Å². The van der Waals surface area contributed by atoms with Gasteiger partial charge in [0.05, 0.1) is 17.2 Å². The molecule has 1 aromatic rings. The average Bonchev–Trinajstić information content (AvgIpc) is 2.54. The highest BCUT2D eigenvalue weighted by Gasteiger charge is 2.40. The molecule has 0 radical (unpaired) electrons. The van der Waals surface area contributed by atoms with Crippen LogP contribution in [0.3, 0.4) is 0 Å². The molecule has 1 unspecified atom stereocenters. The maximum absolute atomic E-state index is 12.7. The lowest BCUT2D eigenvalue weighted by molar-refractivity contribution is -0.126. The first-order valence-electron chi connectivity index (χ1n) is 5.07. The van der Waals surface area contributed by atoms with Crippen LogP contribution in [-0.4, -0.2) is 23.9 Å². The van der Waals surface area contributed by atoms with E-state index in [0.29, 0.717) is 5.69 Å². The lowest BCUT2D eigenvalue weighted by atomic mass is 10.2. The number of thiazole rings is 1. The quantitative estimate of drug-likeness (QED) is 0.830. The molecule has 2 nitrogen and oxygen atoms in total. The standard InChI is InChI=1S/C10H14F4N2S/c1-5(8-6(2)17-7(3)16-8)15-4-10(13,14)9(11)12/h5,9,15H,4H2,1-3H3. The smallest absolute Gasteiger partial charge is 0.303 e. The molecule has 0 saturated heterocycles. The van der Waals surface area contributed by atoms with Gasteiger partial charge < -0.3 is 5.32 Å². The normalized spacial score (nSPS) is 14.4. The zero-order valence-electron chi connectivity index (χ0n) is 9.73. The Hall–Kier alpha value is -0.690. The van der Waals surface area contributed by atoms with Crippen LogP contribution in [0.15, 0.2) is 0 Å². The van der Waals surface area contributed by atoms with Crippen molar-refractivity contribution in [3.8, 4) is 0 Å². The molecular formula is C10H14F4N2S. The molecule has 0 fully saturated rings. The molecule has 0 bridgehead atoms. The number of alkyl halides is 4. The summed E-state index contributed by atoms with van der Waals surface area (Å²) in [6.45, 7) is 4.20. The highest BCUT2D eigenvalue weighted by molar-refractivity contribution is 7.11. The van der Waals surface area contributed by atoms with Crippen LogP contribution >= 0.6 is 11.3 Å². The second-order valence-corrected chi connectivity index (χ2v) is 5.25. The summed E-state index contributed by atoms with van der Waals surface area (Å²) in [6, 6.07) is -0.468. The highest BCUT2D eigenvalue weighted by Crippen LogP contribution is 2.25. The highest BCUT2D eigenvalue weighted by atomic mass is 32.1. The average molecular weight is 270 g/mol. The SMILES string of the molecule is Cc1nc(C(C)NCC(F)(F)C(F)F)c(C)s1. The van der Waals surface area contributed by atoms with Gasteiger partial charge >= 0.3 is 12.3 Å². The van der Waals surface area contributed by atoms with Crippen LogP contribution in [0.1, 0.15) is 28.5 Å². The molecule has 1 atom stereocenters. The molecule has 0 aliphatic carbocycles. The van der Waals surface area contributed by atoms with Gasteiger partial charge in [0.25, 0.3) is 0 Å². The third kappa shape index (κ3) is 3.64. The summed E-state index contributed by atoms with van der Waals surface area (Å²) in [5.74, 6) is -4.01. The Bertz CT molecular complexity index is 378. The van der Waals surface area contributed by atoms with E-state index >= 15 is 0 Å². The van der Waals surface area contributed by atoms with Crippen molar-refractivity contribution in [3.05, 3.63) is 15.6 Å². The van der Waals surface area contributed by atoms with E-state index in [0.717, 1.165) is 9.88 Å². The molecule has 0 amide bonds. The third-order valence-electron chi connectivity index (χ3n) is 2.31. The topological polar surface area (TPSA) is 24.9 Å². The minimum Gasteiger partial charge on any atom is -0.303 e. The zero-order valence-corrected chi connectivity index (χ0v) is 10.5. The van der Waals surface area contributed by atoms with Gasteiger partial charge in [0.2, 0.25) is 0 Å². The van der Waals surface area contributed by atoms with Gasteiger partial charge in [0.15, 0.2) is 0 Å². The Morgan fingerprint density at radius 1 is 1.35 bits per heavy atom. The maximum atomic E-state index is 12.7. The van der Waals surface area contributed by atoms with E-state index < -0.39 is 24.9 Å². The number of halogens is 4. The Balaban J connectivity index is 2.62. The van der Waals surface area contributed by atoms with Crippen molar-refractivity contribution in [2.75, 3.05) is 6.54 Å². The van der Waals surface area contributed by atoms with Gasteiger partial charge in [-0.05, 0) is 20.8 Å². The van der Waals surface area contributed by atoms with Crippen LogP contribution in [0.4, 0.5) is 17.6 Å². The van der Waals surface area contributed by atoms with E-state index in [4.69, 9.17) is 0 Å². The van der Waals surface area contributed by atoms with Crippen molar-refractivity contribution in [2.24, 2.45) is 0 Å². The lowest BCUT2D eigenvalue weighted by Gasteiger charge is -2.19. The molecule has 0 aliphatic rings. The van der Waals surface area contributed by atoms with Crippen molar-refractivity contribution in [1.82, 2.24) is 10.3 Å². The second-order valence-electron chi connectivity index (χ2n) is 3.84. The van der Waals surface area contributed by atoms with E-state index in [1.54, 1.807) is 6.92 Å². The van der Waals surface area contributed by atoms with E-state index in [-0.39, 0.29) is 0 Å². The Labute approximate surface area is 101 Å². The predicted molar refractivity (Wildman–Crippen MR) is 59.0 cm³/mol. The lowest BCUT2D eigenvalue weighted by Crippen LogP contribution is -2.39.